The first-order valence-electron chi connectivity index (χ1n) is 8.05. The monoisotopic (exact) mass is 302 g/mol. The number of nitrogens with one attached hydrogen (secondary N) is 2. The first kappa shape index (κ1) is 16.5. The van der Waals surface area contributed by atoms with Crippen LogP contribution in [-0.4, -0.2) is 35.8 Å². The van der Waals surface area contributed by atoms with Crippen LogP contribution in [0.1, 0.15) is 49.6 Å². The SMILES string of the molecule is C1CCNCC1.CNC(=O)c1nn(C(C)C)c2ccccc12. The lowest BCUT2D eigenvalue weighted by atomic mass is 10.2. The molecular weight excluding hydrogens is 276 g/mol. The van der Waals surface area contributed by atoms with Crippen molar-refractivity contribution in [3.63, 3.8) is 0 Å². The van der Waals surface area contributed by atoms with Gasteiger partial charge in [-0.25, -0.2) is 0 Å². The van der Waals surface area contributed by atoms with Crippen molar-refractivity contribution in [3.8, 4) is 0 Å². The molecule has 3 rings (SSSR count). The standard InChI is InChI=1S/C12H15N3O.C5H11N/c1-8(2)15-10-7-5-4-6-9(10)11(14-15)12(16)13-3;1-2-4-6-5-3-1/h4-8H,1-3H3,(H,13,16);6H,1-5H2. The van der Waals surface area contributed by atoms with Crippen molar-refractivity contribution in [3.05, 3.63) is 30.0 Å². The van der Waals surface area contributed by atoms with Crippen molar-refractivity contribution < 1.29 is 4.79 Å². The van der Waals surface area contributed by atoms with Crippen molar-refractivity contribution in [2.24, 2.45) is 0 Å². The highest BCUT2D eigenvalue weighted by Crippen LogP contribution is 2.21. The van der Waals surface area contributed by atoms with Gasteiger partial charge in [0.1, 0.15) is 0 Å². The molecule has 2 N–H and O–H groups in total. The van der Waals surface area contributed by atoms with E-state index < -0.39 is 0 Å². The predicted octanol–water partition coefficient (Wildman–Crippen LogP) is 2.74. The van der Waals surface area contributed by atoms with Gasteiger partial charge >= 0.3 is 0 Å². The molecule has 1 aromatic heterocycles. The van der Waals surface area contributed by atoms with Gasteiger partial charge in [0, 0.05) is 18.5 Å². The molecule has 2 heterocycles. The molecule has 1 aliphatic heterocycles. The molecule has 2 aromatic rings. The van der Waals surface area contributed by atoms with Crippen molar-refractivity contribution >= 4 is 16.8 Å². The number of benzene rings is 1. The van der Waals surface area contributed by atoms with Crippen LogP contribution in [0.25, 0.3) is 10.9 Å². The first-order chi connectivity index (χ1) is 10.6. The first-order valence-corrected chi connectivity index (χ1v) is 8.05. The van der Waals surface area contributed by atoms with Crippen LogP contribution in [0.5, 0.6) is 0 Å². The van der Waals surface area contributed by atoms with Crippen LogP contribution in [0.3, 0.4) is 0 Å². The molecule has 1 aliphatic rings. The largest absolute Gasteiger partial charge is 0.354 e. The Hall–Kier alpha value is -1.88. The average molecular weight is 302 g/mol. The third-order valence-electron chi connectivity index (χ3n) is 3.75. The van der Waals surface area contributed by atoms with E-state index in [0.717, 1.165) is 10.9 Å². The van der Waals surface area contributed by atoms with E-state index in [9.17, 15) is 4.79 Å². The number of nitrogens with zero attached hydrogens (tertiary/aromatic N) is 2. The van der Waals surface area contributed by atoms with Gasteiger partial charge in [-0.2, -0.15) is 5.10 Å². The van der Waals surface area contributed by atoms with E-state index in [1.54, 1.807) is 7.05 Å². The van der Waals surface area contributed by atoms with Gasteiger partial charge in [0.2, 0.25) is 0 Å². The second-order valence-electron chi connectivity index (χ2n) is 5.79. The number of hydrogen-bond donors (Lipinski definition) is 2. The van der Waals surface area contributed by atoms with Crippen LogP contribution in [0, 0.1) is 0 Å². The lowest BCUT2D eigenvalue weighted by Gasteiger charge is -2.08. The molecule has 0 spiro atoms. The maximum Gasteiger partial charge on any atom is 0.272 e. The Kier molecular flexibility index (Phi) is 5.95. The second kappa shape index (κ2) is 7.94. The average Bonchev–Trinajstić information content (AvgIpc) is 2.96. The number of hydrogen-bond acceptors (Lipinski definition) is 3. The van der Waals surface area contributed by atoms with Crippen LogP contribution < -0.4 is 10.6 Å². The Morgan fingerprint density at radius 1 is 1.23 bits per heavy atom. The third-order valence-corrected chi connectivity index (χ3v) is 3.75. The Labute approximate surface area is 132 Å². The number of fused-ring (bicyclic) bond motifs is 1. The van der Waals surface area contributed by atoms with E-state index in [4.69, 9.17) is 0 Å². The van der Waals surface area contributed by atoms with E-state index in [0.29, 0.717) is 5.69 Å². The van der Waals surface area contributed by atoms with Crippen LogP contribution in [0.15, 0.2) is 24.3 Å². The minimum atomic E-state index is -0.143. The van der Waals surface area contributed by atoms with Gasteiger partial charge in [0.25, 0.3) is 5.91 Å². The summed E-state index contributed by atoms with van der Waals surface area (Å²) in [6.45, 7) is 6.60. The predicted molar refractivity (Wildman–Crippen MR) is 90.2 cm³/mol. The number of carbonyl (C=O) groups is 1. The fourth-order valence-electron chi connectivity index (χ4n) is 2.57. The zero-order valence-corrected chi connectivity index (χ0v) is 13.7. The molecule has 22 heavy (non-hydrogen) atoms. The maximum atomic E-state index is 11.7. The van der Waals surface area contributed by atoms with E-state index in [1.807, 2.05) is 42.8 Å². The summed E-state index contributed by atoms with van der Waals surface area (Å²) in [5.74, 6) is -0.143. The molecule has 0 radical (unpaired) electrons. The van der Waals surface area contributed by atoms with Gasteiger partial charge in [-0.3, -0.25) is 9.48 Å². The topological polar surface area (TPSA) is 58.9 Å². The summed E-state index contributed by atoms with van der Waals surface area (Å²) in [4.78, 5) is 11.7. The minimum absolute atomic E-state index is 0.143. The lowest BCUT2D eigenvalue weighted by Crippen LogP contribution is -2.21. The van der Waals surface area contributed by atoms with Crippen molar-refractivity contribution in [2.75, 3.05) is 20.1 Å². The second-order valence-corrected chi connectivity index (χ2v) is 5.79. The number of para-hydroxylation sites is 1. The maximum absolute atomic E-state index is 11.7. The number of amides is 1. The summed E-state index contributed by atoms with van der Waals surface area (Å²) in [6, 6.07) is 8.02. The van der Waals surface area contributed by atoms with Crippen LogP contribution in [-0.2, 0) is 0 Å². The van der Waals surface area contributed by atoms with Crippen LogP contribution >= 0.6 is 0 Å². The Morgan fingerprint density at radius 3 is 2.41 bits per heavy atom. The summed E-state index contributed by atoms with van der Waals surface area (Å²) in [5.41, 5.74) is 1.49. The molecule has 0 aliphatic carbocycles. The molecule has 1 aromatic carbocycles. The number of carbonyl (C=O) groups excluding carboxylic acids is 1. The minimum Gasteiger partial charge on any atom is -0.354 e. The number of aromatic nitrogens is 2. The molecule has 0 bridgehead atoms. The van der Waals surface area contributed by atoms with Crippen molar-refractivity contribution in [1.82, 2.24) is 20.4 Å². The van der Waals surface area contributed by atoms with E-state index in [-0.39, 0.29) is 11.9 Å². The molecule has 0 atom stereocenters. The van der Waals surface area contributed by atoms with Gasteiger partial charge in [-0.05, 0) is 45.8 Å². The highest BCUT2D eigenvalue weighted by atomic mass is 16.1. The molecule has 1 amide bonds. The normalized spacial score (nSPS) is 14.5. The van der Waals surface area contributed by atoms with E-state index >= 15 is 0 Å². The molecule has 0 unspecified atom stereocenters. The van der Waals surface area contributed by atoms with Gasteiger partial charge in [0.05, 0.1) is 5.52 Å². The zero-order valence-electron chi connectivity index (χ0n) is 13.7. The number of piperidine rings is 1. The van der Waals surface area contributed by atoms with Gasteiger partial charge in [0.15, 0.2) is 5.69 Å². The number of rotatable bonds is 2. The Bertz CT molecular complexity index is 603. The third kappa shape index (κ3) is 3.85. The molecular formula is C17H26N4O. The zero-order chi connectivity index (χ0) is 15.9. The quantitative estimate of drug-likeness (QED) is 0.897. The van der Waals surface area contributed by atoms with E-state index in [1.165, 1.54) is 32.4 Å². The highest BCUT2D eigenvalue weighted by Gasteiger charge is 2.16. The summed E-state index contributed by atoms with van der Waals surface area (Å²) < 4.78 is 1.87. The fraction of sp³-hybridized carbons (Fsp3) is 0.529. The van der Waals surface area contributed by atoms with Crippen LogP contribution in [0.4, 0.5) is 0 Å². The summed E-state index contributed by atoms with van der Waals surface area (Å²) in [7, 11) is 1.62. The molecule has 120 valence electrons. The Balaban J connectivity index is 0.000000246. The molecule has 0 saturated carbocycles. The van der Waals surface area contributed by atoms with Crippen molar-refractivity contribution in [2.45, 2.75) is 39.2 Å². The van der Waals surface area contributed by atoms with Gasteiger partial charge in [-0.15, -0.1) is 0 Å². The lowest BCUT2D eigenvalue weighted by molar-refractivity contribution is 0.0958. The fourth-order valence-corrected chi connectivity index (χ4v) is 2.57. The highest BCUT2D eigenvalue weighted by molar-refractivity contribution is 6.04. The summed E-state index contributed by atoms with van der Waals surface area (Å²) in [6.07, 6.45) is 4.22. The van der Waals surface area contributed by atoms with Crippen molar-refractivity contribution in [1.29, 1.82) is 0 Å². The molecule has 1 saturated heterocycles. The Morgan fingerprint density at radius 2 is 1.91 bits per heavy atom. The summed E-state index contributed by atoms with van der Waals surface area (Å²) in [5, 5.41) is 11.2. The van der Waals surface area contributed by atoms with Gasteiger partial charge < -0.3 is 10.6 Å². The molecule has 5 heteroatoms. The van der Waals surface area contributed by atoms with Crippen LogP contribution in [0.2, 0.25) is 0 Å². The van der Waals surface area contributed by atoms with Gasteiger partial charge in [-0.1, -0.05) is 24.6 Å². The molecule has 5 nitrogen and oxygen atoms in total. The molecule has 1 fully saturated rings. The summed E-state index contributed by atoms with van der Waals surface area (Å²) >= 11 is 0. The smallest absolute Gasteiger partial charge is 0.272 e. The van der Waals surface area contributed by atoms with E-state index in [2.05, 4.69) is 15.7 Å².